The number of aryl methyl sites for hydroxylation is 1. The Kier molecular flexibility index (Phi) is 4.56. The van der Waals surface area contributed by atoms with E-state index in [0.29, 0.717) is 16.5 Å². The Balaban J connectivity index is 1.65. The van der Waals surface area contributed by atoms with E-state index in [-0.39, 0.29) is 12.1 Å². The Morgan fingerprint density at radius 1 is 1.04 bits per heavy atom. The van der Waals surface area contributed by atoms with Gasteiger partial charge in [0.25, 0.3) is 17.4 Å². The maximum absolute atomic E-state index is 12.3. The van der Waals surface area contributed by atoms with Crippen LogP contribution in [0.2, 0.25) is 0 Å². The van der Waals surface area contributed by atoms with Gasteiger partial charge in [0.15, 0.2) is 0 Å². The summed E-state index contributed by atoms with van der Waals surface area (Å²) >= 11 is 0. The Hall–Kier alpha value is -3.48. The van der Waals surface area contributed by atoms with Gasteiger partial charge in [-0.05, 0) is 31.2 Å². The summed E-state index contributed by atoms with van der Waals surface area (Å²) in [4.78, 5) is 40.4. The van der Waals surface area contributed by atoms with E-state index in [1.807, 2.05) is 6.92 Å². The highest BCUT2D eigenvalue weighted by Crippen LogP contribution is 2.04. The van der Waals surface area contributed by atoms with Crippen LogP contribution in [0.15, 0.2) is 59.7 Å². The van der Waals surface area contributed by atoms with Crippen molar-refractivity contribution >= 4 is 22.7 Å². The summed E-state index contributed by atoms with van der Waals surface area (Å²) in [5, 5.41) is 0.432. The second-order valence-electron chi connectivity index (χ2n) is 5.56. The molecular formula is C18H16N4O3. The second kappa shape index (κ2) is 6.96. The molecular weight excluding hydrogens is 320 g/mol. The van der Waals surface area contributed by atoms with Gasteiger partial charge in [-0.15, -0.1) is 0 Å². The fraction of sp³-hybridized carbons (Fsp3) is 0.111. The Morgan fingerprint density at radius 2 is 1.76 bits per heavy atom. The molecule has 25 heavy (non-hydrogen) atoms. The van der Waals surface area contributed by atoms with Crippen LogP contribution >= 0.6 is 0 Å². The van der Waals surface area contributed by atoms with Crippen LogP contribution in [-0.4, -0.2) is 21.4 Å². The first-order valence-electron chi connectivity index (χ1n) is 7.64. The topological polar surface area (TPSA) is 93.1 Å². The third kappa shape index (κ3) is 3.72. The van der Waals surface area contributed by atoms with E-state index in [0.717, 1.165) is 5.56 Å². The van der Waals surface area contributed by atoms with Gasteiger partial charge in [-0.3, -0.25) is 29.8 Å². The number of hydrogen-bond acceptors (Lipinski definition) is 4. The molecule has 0 saturated carbocycles. The van der Waals surface area contributed by atoms with Crippen molar-refractivity contribution in [2.75, 3.05) is 0 Å². The summed E-state index contributed by atoms with van der Waals surface area (Å²) in [5.74, 6) is -0.961. The molecule has 2 N–H and O–H groups in total. The van der Waals surface area contributed by atoms with E-state index in [9.17, 15) is 14.4 Å². The quantitative estimate of drug-likeness (QED) is 0.702. The summed E-state index contributed by atoms with van der Waals surface area (Å²) in [6, 6.07) is 13.8. The van der Waals surface area contributed by atoms with Crippen LogP contribution in [0.5, 0.6) is 0 Å². The van der Waals surface area contributed by atoms with Gasteiger partial charge < -0.3 is 0 Å². The summed E-state index contributed by atoms with van der Waals surface area (Å²) in [5.41, 5.74) is 6.32. The van der Waals surface area contributed by atoms with E-state index in [2.05, 4.69) is 15.8 Å². The SMILES string of the molecule is Cc1ccc(C(=O)NNC(=O)Cn2cnc3ccccc3c2=O)cc1. The van der Waals surface area contributed by atoms with Crippen molar-refractivity contribution in [3.05, 3.63) is 76.3 Å². The highest BCUT2D eigenvalue weighted by molar-refractivity contribution is 5.95. The number of para-hydroxylation sites is 1. The molecule has 0 fully saturated rings. The van der Waals surface area contributed by atoms with Gasteiger partial charge >= 0.3 is 0 Å². The number of rotatable bonds is 3. The Labute approximate surface area is 143 Å². The fourth-order valence-electron chi connectivity index (χ4n) is 2.32. The molecule has 0 radical (unpaired) electrons. The molecule has 3 rings (SSSR count). The van der Waals surface area contributed by atoms with Gasteiger partial charge in [-0.1, -0.05) is 29.8 Å². The molecule has 0 saturated heterocycles. The molecule has 2 amide bonds. The number of carbonyl (C=O) groups excluding carboxylic acids is 2. The molecule has 0 aliphatic heterocycles. The number of nitrogens with one attached hydrogen (secondary N) is 2. The standard InChI is InChI=1S/C18H16N4O3/c1-12-6-8-13(9-7-12)17(24)21-20-16(23)10-22-11-19-15-5-3-2-4-14(15)18(22)25/h2-9,11H,10H2,1H3,(H,20,23)(H,21,24). The number of hydrogen-bond donors (Lipinski definition) is 2. The van der Waals surface area contributed by atoms with Crippen molar-refractivity contribution in [2.45, 2.75) is 13.5 Å². The molecule has 1 aromatic heterocycles. The number of aromatic nitrogens is 2. The van der Waals surface area contributed by atoms with E-state index in [4.69, 9.17) is 0 Å². The molecule has 7 nitrogen and oxygen atoms in total. The zero-order valence-corrected chi connectivity index (χ0v) is 13.5. The molecule has 0 atom stereocenters. The maximum Gasteiger partial charge on any atom is 0.269 e. The molecule has 0 spiro atoms. The predicted octanol–water partition coefficient (Wildman–Crippen LogP) is 1.17. The number of carbonyl (C=O) groups is 2. The van der Waals surface area contributed by atoms with E-state index in [1.54, 1.807) is 48.5 Å². The lowest BCUT2D eigenvalue weighted by Gasteiger charge is -2.09. The normalized spacial score (nSPS) is 10.4. The first-order chi connectivity index (χ1) is 12.0. The minimum absolute atomic E-state index is 0.245. The van der Waals surface area contributed by atoms with Crippen LogP contribution in [-0.2, 0) is 11.3 Å². The van der Waals surface area contributed by atoms with Crippen molar-refractivity contribution in [3.63, 3.8) is 0 Å². The van der Waals surface area contributed by atoms with Gasteiger partial charge in [0.05, 0.1) is 17.2 Å². The lowest BCUT2D eigenvalue weighted by Crippen LogP contribution is -2.44. The fourth-order valence-corrected chi connectivity index (χ4v) is 2.32. The lowest BCUT2D eigenvalue weighted by atomic mass is 10.1. The minimum atomic E-state index is -0.528. The van der Waals surface area contributed by atoms with Crippen molar-refractivity contribution in [3.8, 4) is 0 Å². The van der Waals surface area contributed by atoms with Crippen LogP contribution in [0.1, 0.15) is 15.9 Å². The van der Waals surface area contributed by atoms with Crippen LogP contribution in [0.4, 0.5) is 0 Å². The van der Waals surface area contributed by atoms with Gasteiger partial charge in [0.1, 0.15) is 6.54 Å². The zero-order chi connectivity index (χ0) is 17.8. The summed E-state index contributed by atoms with van der Waals surface area (Å²) in [6.07, 6.45) is 1.31. The molecule has 3 aromatic rings. The molecule has 126 valence electrons. The smallest absolute Gasteiger partial charge is 0.269 e. The molecule has 0 aliphatic carbocycles. The van der Waals surface area contributed by atoms with Gasteiger partial charge in [-0.2, -0.15) is 0 Å². The van der Waals surface area contributed by atoms with Gasteiger partial charge in [0, 0.05) is 5.56 Å². The maximum atomic E-state index is 12.3. The third-order valence-corrected chi connectivity index (χ3v) is 3.67. The zero-order valence-electron chi connectivity index (χ0n) is 13.5. The summed E-state index contributed by atoms with van der Waals surface area (Å²) < 4.78 is 1.19. The van der Waals surface area contributed by atoms with Crippen LogP contribution in [0.3, 0.4) is 0 Å². The average molecular weight is 336 g/mol. The molecule has 1 heterocycles. The number of hydrazine groups is 1. The van der Waals surface area contributed by atoms with Crippen LogP contribution in [0, 0.1) is 6.92 Å². The molecule has 0 aliphatic rings. The summed E-state index contributed by atoms with van der Waals surface area (Å²) in [6.45, 7) is 1.67. The Bertz CT molecular complexity index is 993. The van der Waals surface area contributed by atoms with E-state index >= 15 is 0 Å². The van der Waals surface area contributed by atoms with E-state index in [1.165, 1.54) is 10.9 Å². The number of benzene rings is 2. The van der Waals surface area contributed by atoms with Crippen molar-refractivity contribution < 1.29 is 9.59 Å². The average Bonchev–Trinajstić information content (AvgIpc) is 2.63. The predicted molar refractivity (Wildman–Crippen MR) is 92.8 cm³/mol. The Morgan fingerprint density at radius 3 is 2.52 bits per heavy atom. The number of nitrogens with zero attached hydrogens (tertiary/aromatic N) is 2. The minimum Gasteiger partial charge on any atom is -0.289 e. The molecule has 0 unspecified atom stereocenters. The third-order valence-electron chi connectivity index (χ3n) is 3.67. The number of fused-ring (bicyclic) bond motifs is 1. The van der Waals surface area contributed by atoms with Crippen molar-refractivity contribution in [1.29, 1.82) is 0 Å². The lowest BCUT2D eigenvalue weighted by molar-refractivity contribution is -0.122. The van der Waals surface area contributed by atoms with Crippen molar-refractivity contribution in [2.24, 2.45) is 0 Å². The van der Waals surface area contributed by atoms with Gasteiger partial charge in [0.2, 0.25) is 0 Å². The van der Waals surface area contributed by atoms with Crippen LogP contribution < -0.4 is 16.4 Å². The molecule has 0 bridgehead atoms. The largest absolute Gasteiger partial charge is 0.289 e. The molecule has 7 heteroatoms. The monoisotopic (exact) mass is 336 g/mol. The highest BCUT2D eigenvalue weighted by Gasteiger charge is 2.10. The number of amides is 2. The van der Waals surface area contributed by atoms with E-state index < -0.39 is 11.8 Å². The second-order valence-corrected chi connectivity index (χ2v) is 5.56. The highest BCUT2D eigenvalue weighted by atomic mass is 16.2. The first kappa shape index (κ1) is 16.4. The first-order valence-corrected chi connectivity index (χ1v) is 7.64. The van der Waals surface area contributed by atoms with Crippen LogP contribution in [0.25, 0.3) is 10.9 Å². The summed E-state index contributed by atoms with van der Waals surface area (Å²) in [7, 11) is 0. The molecule has 2 aromatic carbocycles. The van der Waals surface area contributed by atoms with Crippen molar-refractivity contribution in [1.82, 2.24) is 20.4 Å². The van der Waals surface area contributed by atoms with Gasteiger partial charge in [-0.25, -0.2) is 4.98 Å².